The Kier molecular flexibility index (Phi) is 3.85. The molecule has 1 fully saturated rings. The Balaban J connectivity index is 1.98. The summed E-state index contributed by atoms with van der Waals surface area (Å²) in [5.74, 6) is 0.647. The zero-order valence-corrected chi connectivity index (χ0v) is 13.1. The maximum atomic E-state index is 5.90. The number of aryl methyl sites for hydroxylation is 1. The molecule has 3 rings (SSSR count). The number of piperazine rings is 1. The number of benzene rings is 1. The van der Waals surface area contributed by atoms with Gasteiger partial charge in [-0.15, -0.1) is 0 Å². The maximum Gasteiger partial charge on any atom is 0.222 e. The van der Waals surface area contributed by atoms with Crippen molar-refractivity contribution >= 4 is 17.5 Å². The van der Waals surface area contributed by atoms with Gasteiger partial charge < -0.3 is 21.7 Å². The lowest BCUT2D eigenvalue weighted by Crippen LogP contribution is -2.43. The van der Waals surface area contributed by atoms with Gasteiger partial charge in [-0.05, 0) is 31.5 Å². The van der Waals surface area contributed by atoms with Gasteiger partial charge in [0.2, 0.25) is 5.95 Å². The molecule has 5 N–H and O–H groups in total. The first-order valence-electron chi connectivity index (χ1n) is 7.52. The molecule has 6 nitrogen and oxygen atoms in total. The highest BCUT2D eigenvalue weighted by atomic mass is 15.2. The first-order valence-corrected chi connectivity index (χ1v) is 7.52. The molecule has 1 aliphatic rings. The van der Waals surface area contributed by atoms with E-state index in [1.165, 1.54) is 11.3 Å². The zero-order chi connectivity index (χ0) is 15.7. The van der Waals surface area contributed by atoms with E-state index in [0.29, 0.717) is 5.82 Å². The van der Waals surface area contributed by atoms with Crippen LogP contribution in [0.1, 0.15) is 11.1 Å². The molecule has 0 bridgehead atoms. The Morgan fingerprint density at radius 2 is 1.82 bits per heavy atom. The first-order chi connectivity index (χ1) is 10.6. The van der Waals surface area contributed by atoms with Crippen LogP contribution in [0.4, 0.5) is 17.5 Å². The molecule has 1 saturated heterocycles. The summed E-state index contributed by atoms with van der Waals surface area (Å²) in [5, 5.41) is 3.37. The molecule has 2 aromatic rings. The topological polar surface area (TPSA) is 93.1 Å². The summed E-state index contributed by atoms with van der Waals surface area (Å²) < 4.78 is 0. The smallest absolute Gasteiger partial charge is 0.222 e. The average molecular weight is 298 g/mol. The van der Waals surface area contributed by atoms with Crippen molar-refractivity contribution in [2.24, 2.45) is 0 Å². The van der Waals surface area contributed by atoms with Crippen molar-refractivity contribution in [3.05, 3.63) is 29.3 Å². The lowest BCUT2D eigenvalue weighted by molar-refractivity contribution is 0.588. The third-order valence-corrected chi connectivity index (χ3v) is 4.13. The molecule has 1 aliphatic heterocycles. The molecule has 1 aromatic heterocycles. The molecule has 0 unspecified atom stereocenters. The van der Waals surface area contributed by atoms with Crippen LogP contribution in [0.15, 0.2) is 18.2 Å². The van der Waals surface area contributed by atoms with E-state index in [9.17, 15) is 0 Å². The van der Waals surface area contributed by atoms with E-state index in [1.807, 2.05) is 6.92 Å². The van der Waals surface area contributed by atoms with Gasteiger partial charge in [-0.25, -0.2) is 4.98 Å². The summed E-state index contributed by atoms with van der Waals surface area (Å²) >= 11 is 0. The monoisotopic (exact) mass is 298 g/mol. The predicted octanol–water partition coefficient (Wildman–Crippen LogP) is 1.33. The Hall–Kier alpha value is -2.34. The largest absolute Gasteiger partial charge is 0.383 e. The third kappa shape index (κ3) is 2.69. The number of nitrogens with zero attached hydrogens (tertiary/aromatic N) is 3. The van der Waals surface area contributed by atoms with Crippen LogP contribution in [-0.4, -0.2) is 36.1 Å². The van der Waals surface area contributed by atoms with Crippen molar-refractivity contribution in [3.8, 4) is 11.3 Å². The van der Waals surface area contributed by atoms with E-state index in [2.05, 4.69) is 45.3 Å². The van der Waals surface area contributed by atoms with E-state index >= 15 is 0 Å². The minimum Gasteiger partial charge on any atom is -0.383 e. The predicted molar refractivity (Wildman–Crippen MR) is 90.8 cm³/mol. The number of nitrogen functional groups attached to an aromatic ring is 2. The molecule has 1 aromatic carbocycles. The lowest BCUT2D eigenvalue weighted by Gasteiger charge is -2.31. The third-order valence-electron chi connectivity index (χ3n) is 4.13. The Morgan fingerprint density at radius 3 is 2.50 bits per heavy atom. The number of rotatable bonds is 2. The number of hydrogen-bond donors (Lipinski definition) is 3. The van der Waals surface area contributed by atoms with Gasteiger partial charge in [0.05, 0.1) is 5.69 Å². The van der Waals surface area contributed by atoms with Crippen LogP contribution in [0.25, 0.3) is 11.3 Å². The molecule has 0 atom stereocenters. The van der Waals surface area contributed by atoms with Crippen LogP contribution >= 0.6 is 0 Å². The van der Waals surface area contributed by atoms with Gasteiger partial charge in [0, 0.05) is 43.0 Å². The van der Waals surface area contributed by atoms with Crippen LogP contribution in [0.3, 0.4) is 0 Å². The van der Waals surface area contributed by atoms with Gasteiger partial charge >= 0.3 is 0 Å². The Morgan fingerprint density at radius 1 is 1.09 bits per heavy atom. The minimum absolute atomic E-state index is 0.210. The first kappa shape index (κ1) is 14.6. The highest BCUT2D eigenvalue weighted by Crippen LogP contribution is 2.29. The summed E-state index contributed by atoms with van der Waals surface area (Å²) in [6.07, 6.45) is 0. The lowest BCUT2D eigenvalue weighted by atomic mass is 10.0. The standard InChI is InChI=1S/C16H22N6/c1-10-9-12(14-11(2)15(17)21-16(18)20-14)3-4-13(10)22-7-5-19-6-8-22/h3-4,9,19H,5-8H2,1-2H3,(H4,17,18,20,21). The fourth-order valence-electron chi connectivity index (χ4n) is 2.90. The summed E-state index contributed by atoms with van der Waals surface area (Å²) in [7, 11) is 0. The zero-order valence-electron chi connectivity index (χ0n) is 13.1. The highest BCUT2D eigenvalue weighted by molar-refractivity contribution is 5.72. The molecule has 0 spiro atoms. The molecular formula is C16H22N6. The van der Waals surface area contributed by atoms with E-state index in [4.69, 9.17) is 11.5 Å². The molecule has 22 heavy (non-hydrogen) atoms. The van der Waals surface area contributed by atoms with Crippen LogP contribution in [0, 0.1) is 13.8 Å². The SMILES string of the molecule is Cc1cc(-c2nc(N)nc(N)c2C)ccc1N1CCNCC1. The van der Waals surface area contributed by atoms with Crippen molar-refractivity contribution < 1.29 is 0 Å². The van der Waals surface area contributed by atoms with Gasteiger partial charge in [-0.3, -0.25) is 0 Å². The van der Waals surface area contributed by atoms with Gasteiger partial charge in [0.25, 0.3) is 0 Å². The Bertz CT molecular complexity index is 691. The molecule has 0 amide bonds. The fourth-order valence-corrected chi connectivity index (χ4v) is 2.90. The van der Waals surface area contributed by atoms with E-state index < -0.39 is 0 Å². The Labute approximate surface area is 130 Å². The van der Waals surface area contributed by atoms with Gasteiger partial charge in [-0.1, -0.05) is 6.07 Å². The number of hydrogen-bond acceptors (Lipinski definition) is 6. The maximum absolute atomic E-state index is 5.90. The van der Waals surface area contributed by atoms with Gasteiger partial charge in [0.15, 0.2) is 0 Å². The van der Waals surface area contributed by atoms with Crippen LogP contribution in [-0.2, 0) is 0 Å². The second-order valence-electron chi connectivity index (χ2n) is 5.68. The highest BCUT2D eigenvalue weighted by Gasteiger charge is 2.15. The second-order valence-corrected chi connectivity index (χ2v) is 5.68. The molecule has 2 heterocycles. The van der Waals surface area contributed by atoms with E-state index in [1.54, 1.807) is 0 Å². The molecule has 0 saturated carbocycles. The number of nitrogens with one attached hydrogen (secondary N) is 1. The minimum atomic E-state index is 0.210. The molecular weight excluding hydrogens is 276 g/mol. The molecule has 6 heteroatoms. The van der Waals surface area contributed by atoms with Crippen LogP contribution in [0.5, 0.6) is 0 Å². The van der Waals surface area contributed by atoms with Crippen LogP contribution in [0.2, 0.25) is 0 Å². The van der Waals surface area contributed by atoms with E-state index in [0.717, 1.165) is 43.0 Å². The summed E-state index contributed by atoms with van der Waals surface area (Å²) in [5.41, 5.74) is 16.8. The van der Waals surface area contributed by atoms with Crippen molar-refractivity contribution in [1.82, 2.24) is 15.3 Å². The fraction of sp³-hybridized carbons (Fsp3) is 0.375. The normalized spacial score (nSPS) is 15.1. The molecule has 0 aliphatic carbocycles. The van der Waals surface area contributed by atoms with Gasteiger partial charge in [0.1, 0.15) is 5.82 Å². The van der Waals surface area contributed by atoms with Crippen molar-refractivity contribution in [3.63, 3.8) is 0 Å². The molecule has 0 radical (unpaired) electrons. The summed E-state index contributed by atoms with van der Waals surface area (Å²) in [6, 6.07) is 6.38. The quantitative estimate of drug-likeness (QED) is 0.774. The number of anilines is 3. The van der Waals surface area contributed by atoms with Crippen molar-refractivity contribution in [2.45, 2.75) is 13.8 Å². The van der Waals surface area contributed by atoms with Gasteiger partial charge in [-0.2, -0.15) is 4.98 Å². The summed E-state index contributed by atoms with van der Waals surface area (Å²) in [6.45, 7) is 8.17. The van der Waals surface area contributed by atoms with Crippen molar-refractivity contribution in [1.29, 1.82) is 0 Å². The van der Waals surface area contributed by atoms with Crippen LogP contribution < -0.4 is 21.7 Å². The van der Waals surface area contributed by atoms with E-state index in [-0.39, 0.29) is 5.95 Å². The second kappa shape index (κ2) is 5.81. The van der Waals surface area contributed by atoms with Crippen molar-refractivity contribution in [2.75, 3.05) is 42.5 Å². The number of aromatic nitrogens is 2. The average Bonchev–Trinajstić information content (AvgIpc) is 2.51. The summed E-state index contributed by atoms with van der Waals surface area (Å²) in [4.78, 5) is 10.8. The number of nitrogens with two attached hydrogens (primary N) is 2. The molecule has 116 valence electrons.